The summed E-state index contributed by atoms with van der Waals surface area (Å²) in [5.74, 6) is 0.538. The number of carbonyl (C=O) groups is 1. The van der Waals surface area contributed by atoms with E-state index in [2.05, 4.69) is 33.0 Å². The second-order valence-electron chi connectivity index (χ2n) is 5.31. The van der Waals surface area contributed by atoms with Crippen LogP contribution in [0.5, 0.6) is 0 Å². The Labute approximate surface area is 86.2 Å². The summed E-state index contributed by atoms with van der Waals surface area (Å²) < 4.78 is 5.63. The van der Waals surface area contributed by atoms with E-state index < -0.39 is 0 Å². The van der Waals surface area contributed by atoms with Crippen LogP contribution in [0, 0.1) is 11.3 Å². The molecule has 1 atom stereocenters. The Balaban J connectivity index is 2.56. The van der Waals surface area contributed by atoms with Crippen molar-refractivity contribution < 1.29 is 9.53 Å². The molecule has 1 fully saturated rings. The summed E-state index contributed by atoms with van der Waals surface area (Å²) in [7, 11) is 0. The molecule has 1 heterocycles. The zero-order chi connectivity index (χ0) is 10.8. The van der Waals surface area contributed by atoms with Gasteiger partial charge in [-0.1, -0.05) is 27.7 Å². The first-order valence-corrected chi connectivity index (χ1v) is 5.30. The molecule has 0 spiro atoms. The Kier molecular flexibility index (Phi) is 3.53. The maximum Gasteiger partial charge on any atom is 0.249 e. The van der Waals surface area contributed by atoms with Crippen molar-refractivity contribution >= 4 is 5.91 Å². The third kappa shape index (κ3) is 3.29. The average Bonchev–Trinajstić information content (AvgIpc) is 2.17. The van der Waals surface area contributed by atoms with Gasteiger partial charge >= 0.3 is 0 Å². The highest BCUT2D eigenvalue weighted by molar-refractivity contribution is 5.81. The summed E-state index contributed by atoms with van der Waals surface area (Å²) in [5.41, 5.74) is 0.0569. The van der Waals surface area contributed by atoms with Crippen LogP contribution in [0.1, 0.15) is 34.1 Å². The molecule has 1 N–H and O–H groups in total. The molecule has 0 aromatic carbocycles. The lowest BCUT2D eigenvalue weighted by molar-refractivity contribution is -0.132. The number of carbonyl (C=O) groups excluding carboxylic acids is 1. The van der Waals surface area contributed by atoms with Crippen molar-refractivity contribution in [3.05, 3.63) is 0 Å². The van der Waals surface area contributed by atoms with Crippen molar-refractivity contribution in [3.63, 3.8) is 0 Å². The van der Waals surface area contributed by atoms with Gasteiger partial charge in [0.15, 0.2) is 0 Å². The number of rotatable bonds is 2. The van der Waals surface area contributed by atoms with Crippen molar-refractivity contribution in [1.29, 1.82) is 0 Å². The molecule has 3 nitrogen and oxygen atoms in total. The molecule has 0 aromatic heterocycles. The molecule has 1 aliphatic heterocycles. The minimum Gasteiger partial charge on any atom is -0.368 e. The quantitative estimate of drug-likeness (QED) is 0.733. The maximum atomic E-state index is 11.6. The number of nitrogens with one attached hydrogen (secondary N) is 1. The SMILES string of the molecule is CC(C)C[C@@H]1OCC(C)(C)CNC1=O. The lowest BCUT2D eigenvalue weighted by Crippen LogP contribution is -2.36. The molecule has 1 amide bonds. The molecule has 0 unspecified atom stereocenters. The van der Waals surface area contributed by atoms with Crippen molar-refractivity contribution in [2.45, 2.75) is 40.2 Å². The van der Waals surface area contributed by atoms with Crippen LogP contribution < -0.4 is 5.32 Å². The summed E-state index contributed by atoms with van der Waals surface area (Å²) in [5, 5.41) is 2.93. The van der Waals surface area contributed by atoms with Crippen LogP contribution in [0.15, 0.2) is 0 Å². The third-order valence-electron chi connectivity index (χ3n) is 2.39. The van der Waals surface area contributed by atoms with Gasteiger partial charge in [-0.3, -0.25) is 4.79 Å². The summed E-state index contributed by atoms with van der Waals surface area (Å²) in [6.45, 7) is 9.78. The Bertz CT molecular complexity index is 211. The lowest BCUT2D eigenvalue weighted by Gasteiger charge is -2.21. The molecular formula is C11H21NO2. The van der Waals surface area contributed by atoms with Gasteiger partial charge in [-0.15, -0.1) is 0 Å². The first-order chi connectivity index (χ1) is 6.41. The fourth-order valence-electron chi connectivity index (χ4n) is 1.50. The molecule has 14 heavy (non-hydrogen) atoms. The minimum atomic E-state index is -0.253. The van der Waals surface area contributed by atoms with Crippen LogP contribution in [0.25, 0.3) is 0 Å². The van der Waals surface area contributed by atoms with E-state index in [1.165, 1.54) is 0 Å². The van der Waals surface area contributed by atoms with Crippen molar-refractivity contribution in [2.75, 3.05) is 13.2 Å². The fourth-order valence-corrected chi connectivity index (χ4v) is 1.50. The third-order valence-corrected chi connectivity index (χ3v) is 2.39. The normalized spacial score (nSPS) is 27.2. The molecule has 0 bridgehead atoms. The van der Waals surface area contributed by atoms with E-state index in [1.54, 1.807) is 0 Å². The van der Waals surface area contributed by atoms with E-state index >= 15 is 0 Å². The molecule has 0 radical (unpaired) electrons. The minimum absolute atomic E-state index is 0.0456. The largest absolute Gasteiger partial charge is 0.368 e. The van der Waals surface area contributed by atoms with Gasteiger partial charge in [-0.05, 0) is 12.3 Å². The molecule has 1 aliphatic rings. The zero-order valence-corrected chi connectivity index (χ0v) is 9.59. The Morgan fingerprint density at radius 2 is 2.21 bits per heavy atom. The van der Waals surface area contributed by atoms with E-state index in [9.17, 15) is 4.79 Å². The molecule has 0 aliphatic carbocycles. The summed E-state index contributed by atoms with van der Waals surface area (Å²) in [6.07, 6.45) is 0.554. The van der Waals surface area contributed by atoms with Gasteiger partial charge in [0.2, 0.25) is 5.91 Å². The topological polar surface area (TPSA) is 38.3 Å². The highest BCUT2D eigenvalue weighted by atomic mass is 16.5. The zero-order valence-electron chi connectivity index (χ0n) is 9.59. The smallest absolute Gasteiger partial charge is 0.249 e. The van der Waals surface area contributed by atoms with Crippen LogP contribution in [-0.4, -0.2) is 25.2 Å². The lowest BCUT2D eigenvalue weighted by atomic mass is 9.95. The van der Waals surface area contributed by atoms with Gasteiger partial charge < -0.3 is 10.1 Å². The summed E-state index contributed by atoms with van der Waals surface area (Å²) >= 11 is 0. The Morgan fingerprint density at radius 1 is 1.57 bits per heavy atom. The fraction of sp³-hybridized carbons (Fsp3) is 0.909. The second kappa shape index (κ2) is 4.30. The van der Waals surface area contributed by atoms with Crippen LogP contribution in [-0.2, 0) is 9.53 Å². The van der Waals surface area contributed by atoms with Gasteiger partial charge in [0, 0.05) is 12.0 Å². The van der Waals surface area contributed by atoms with Crippen molar-refractivity contribution in [1.82, 2.24) is 5.32 Å². The van der Waals surface area contributed by atoms with Crippen molar-refractivity contribution in [2.24, 2.45) is 11.3 Å². The Morgan fingerprint density at radius 3 is 2.79 bits per heavy atom. The van der Waals surface area contributed by atoms with Crippen molar-refractivity contribution in [3.8, 4) is 0 Å². The van der Waals surface area contributed by atoms with E-state index in [-0.39, 0.29) is 17.4 Å². The highest BCUT2D eigenvalue weighted by Crippen LogP contribution is 2.20. The standard InChI is InChI=1S/C11H21NO2/c1-8(2)5-9-10(13)12-6-11(3,4)7-14-9/h8-9H,5-7H2,1-4H3,(H,12,13)/t9-/m0/s1. The number of hydrogen-bond donors (Lipinski definition) is 1. The first-order valence-electron chi connectivity index (χ1n) is 5.30. The number of hydrogen-bond acceptors (Lipinski definition) is 2. The van der Waals surface area contributed by atoms with E-state index in [4.69, 9.17) is 4.74 Å². The molecule has 1 rings (SSSR count). The highest BCUT2D eigenvalue weighted by Gasteiger charge is 2.30. The molecular weight excluding hydrogens is 178 g/mol. The Hall–Kier alpha value is -0.570. The molecule has 0 saturated carbocycles. The van der Waals surface area contributed by atoms with Gasteiger partial charge in [0.05, 0.1) is 6.61 Å². The van der Waals surface area contributed by atoms with Crippen LogP contribution in [0.3, 0.4) is 0 Å². The van der Waals surface area contributed by atoms with Crippen LogP contribution in [0.2, 0.25) is 0 Å². The molecule has 1 saturated heterocycles. The molecule has 3 heteroatoms. The second-order valence-corrected chi connectivity index (χ2v) is 5.31. The van der Waals surface area contributed by atoms with Gasteiger partial charge in [0.1, 0.15) is 6.10 Å². The van der Waals surface area contributed by atoms with E-state index in [0.717, 1.165) is 6.42 Å². The molecule has 82 valence electrons. The van der Waals surface area contributed by atoms with Gasteiger partial charge in [0.25, 0.3) is 0 Å². The van der Waals surface area contributed by atoms with E-state index in [1.807, 2.05) is 0 Å². The van der Waals surface area contributed by atoms with Gasteiger partial charge in [-0.25, -0.2) is 0 Å². The predicted octanol–water partition coefficient (Wildman–Crippen LogP) is 1.57. The number of amides is 1. The maximum absolute atomic E-state index is 11.6. The van der Waals surface area contributed by atoms with Gasteiger partial charge in [-0.2, -0.15) is 0 Å². The first kappa shape index (κ1) is 11.5. The van der Waals surface area contributed by atoms with E-state index in [0.29, 0.717) is 19.1 Å². The predicted molar refractivity (Wildman–Crippen MR) is 56.0 cm³/mol. The van der Waals surface area contributed by atoms with Crippen LogP contribution >= 0.6 is 0 Å². The van der Waals surface area contributed by atoms with Crippen LogP contribution in [0.4, 0.5) is 0 Å². The summed E-state index contributed by atoms with van der Waals surface area (Å²) in [4.78, 5) is 11.6. The molecule has 0 aromatic rings. The monoisotopic (exact) mass is 199 g/mol. The average molecular weight is 199 g/mol. The number of ether oxygens (including phenoxy) is 1. The summed E-state index contributed by atoms with van der Waals surface area (Å²) in [6, 6.07) is 0.